The molecule has 0 fully saturated rings. The molecule has 0 radical (unpaired) electrons. The number of aromatic nitrogens is 3. The van der Waals surface area contributed by atoms with E-state index in [0.29, 0.717) is 0 Å². The molecule has 3 aromatic rings. The van der Waals surface area contributed by atoms with E-state index in [0.717, 1.165) is 27.1 Å². The lowest BCUT2D eigenvalue weighted by Gasteiger charge is -2.03. The largest absolute Gasteiger partial charge is 0.212 e. The van der Waals surface area contributed by atoms with Crippen molar-refractivity contribution < 1.29 is 0 Å². The Morgan fingerprint density at radius 2 is 1.96 bits per heavy atom. The average Bonchev–Trinajstić information content (AvgIpc) is 3.01. The Morgan fingerprint density at radius 3 is 2.78 bits per heavy atom. The molecule has 0 unspecified atom stereocenters. The molecule has 0 aliphatic carbocycles. The van der Waals surface area contributed by atoms with Gasteiger partial charge in [0.25, 0.3) is 0 Å². The van der Waals surface area contributed by atoms with Gasteiger partial charge in [0.2, 0.25) is 5.16 Å². The lowest BCUT2D eigenvalue weighted by atomic mass is 10.1. The van der Waals surface area contributed by atoms with E-state index >= 15 is 0 Å². The van der Waals surface area contributed by atoms with Crippen molar-refractivity contribution in [3.63, 3.8) is 0 Å². The zero-order chi connectivity index (χ0) is 16.1. The van der Waals surface area contributed by atoms with Crippen LogP contribution < -0.4 is 0 Å². The predicted octanol–water partition coefficient (Wildman–Crippen LogP) is 4.41. The summed E-state index contributed by atoms with van der Waals surface area (Å²) in [6, 6.07) is 15.9. The van der Waals surface area contributed by atoms with Gasteiger partial charge in [-0.3, -0.25) is 0 Å². The standard InChI is InChI=1S/C17H15ClN4S/c1-13-6-2-3-7-14(13)10-20-22-12-19-21-17(22)23-11-15-8-4-5-9-16(15)18/h2-10,12H,11H2,1H3/b20-10-. The van der Waals surface area contributed by atoms with E-state index in [4.69, 9.17) is 11.6 Å². The van der Waals surface area contributed by atoms with Gasteiger partial charge in [-0.2, -0.15) is 9.78 Å². The van der Waals surface area contributed by atoms with Crippen molar-refractivity contribution in [3.8, 4) is 0 Å². The maximum Gasteiger partial charge on any atom is 0.212 e. The van der Waals surface area contributed by atoms with E-state index in [1.54, 1.807) is 22.8 Å². The fraction of sp³-hybridized carbons (Fsp3) is 0.118. The van der Waals surface area contributed by atoms with Gasteiger partial charge in [0.15, 0.2) is 0 Å². The third kappa shape index (κ3) is 4.00. The molecule has 1 aromatic heterocycles. The number of hydrogen-bond acceptors (Lipinski definition) is 4. The number of nitrogens with zero attached hydrogens (tertiary/aromatic N) is 4. The third-order valence-corrected chi connectivity index (χ3v) is 4.68. The molecule has 2 aromatic carbocycles. The van der Waals surface area contributed by atoms with Crippen LogP contribution in [0, 0.1) is 6.92 Å². The molecule has 0 saturated heterocycles. The fourth-order valence-corrected chi connectivity index (χ4v) is 3.16. The minimum Gasteiger partial charge on any atom is -0.195 e. The molecule has 0 amide bonds. The molecule has 0 aliphatic rings. The van der Waals surface area contributed by atoms with Gasteiger partial charge in [-0.05, 0) is 29.7 Å². The van der Waals surface area contributed by atoms with Gasteiger partial charge in [0.1, 0.15) is 6.33 Å². The minimum atomic E-state index is 0.720. The van der Waals surface area contributed by atoms with Crippen LogP contribution in [0.15, 0.2) is 65.1 Å². The molecule has 0 saturated carbocycles. The van der Waals surface area contributed by atoms with Crippen LogP contribution in [0.25, 0.3) is 0 Å². The highest BCUT2D eigenvalue weighted by molar-refractivity contribution is 7.98. The van der Waals surface area contributed by atoms with Crippen molar-refractivity contribution in [1.82, 2.24) is 14.9 Å². The maximum absolute atomic E-state index is 6.18. The predicted molar refractivity (Wildman–Crippen MR) is 95.2 cm³/mol. The molecule has 3 rings (SSSR count). The average molecular weight is 343 g/mol. The highest BCUT2D eigenvalue weighted by atomic mass is 35.5. The van der Waals surface area contributed by atoms with Crippen molar-refractivity contribution in [2.75, 3.05) is 0 Å². The van der Waals surface area contributed by atoms with Crippen molar-refractivity contribution in [3.05, 3.63) is 76.6 Å². The van der Waals surface area contributed by atoms with Gasteiger partial charge < -0.3 is 0 Å². The molecule has 0 spiro atoms. The molecular weight excluding hydrogens is 328 g/mol. The Hall–Kier alpha value is -2.11. The summed E-state index contributed by atoms with van der Waals surface area (Å²) in [7, 11) is 0. The highest BCUT2D eigenvalue weighted by Crippen LogP contribution is 2.25. The van der Waals surface area contributed by atoms with Gasteiger partial charge in [-0.25, -0.2) is 0 Å². The summed E-state index contributed by atoms with van der Waals surface area (Å²) < 4.78 is 1.67. The summed E-state index contributed by atoms with van der Waals surface area (Å²) in [5, 5.41) is 14.0. The zero-order valence-corrected chi connectivity index (χ0v) is 14.1. The van der Waals surface area contributed by atoms with Crippen LogP contribution >= 0.6 is 23.4 Å². The molecule has 0 bridgehead atoms. The van der Waals surface area contributed by atoms with Crippen LogP contribution in [0.3, 0.4) is 0 Å². The molecule has 4 nitrogen and oxygen atoms in total. The van der Waals surface area contributed by atoms with E-state index < -0.39 is 0 Å². The maximum atomic E-state index is 6.18. The Kier molecular flexibility index (Phi) is 5.10. The normalized spacial score (nSPS) is 11.2. The number of benzene rings is 2. The van der Waals surface area contributed by atoms with Crippen LogP contribution in [-0.2, 0) is 5.75 Å². The molecule has 0 aliphatic heterocycles. The summed E-state index contributed by atoms with van der Waals surface area (Å²) >= 11 is 7.73. The van der Waals surface area contributed by atoms with Crippen LogP contribution in [0.2, 0.25) is 5.02 Å². The van der Waals surface area contributed by atoms with Gasteiger partial charge in [0.05, 0.1) is 6.21 Å². The smallest absolute Gasteiger partial charge is 0.195 e. The summed E-state index contributed by atoms with van der Waals surface area (Å²) in [6.07, 6.45) is 3.42. The van der Waals surface area contributed by atoms with Crippen molar-refractivity contribution >= 4 is 29.6 Å². The van der Waals surface area contributed by atoms with E-state index in [-0.39, 0.29) is 0 Å². The fourth-order valence-electron chi connectivity index (χ4n) is 2.01. The van der Waals surface area contributed by atoms with Gasteiger partial charge in [-0.15, -0.1) is 10.2 Å². The number of thioether (sulfide) groups is 1. The van der Waals surface area contributed by atoms with Gasteiger partial charge in [0, 0.05) is 10.8 Å². The third-order valence-electron chi connectivity index (χ3n) is 3.32. The quantitative estimate of drug-likeness (QED) is 0.509. The van der Waals surface area contributed by atoms with Crippen LogP contribution in [0.1, 0.15) is 16.7 Å². The molecule has 6 heteroatoms. The second kappa shape index (κ2) is 7.44. The van der Waals surface area contributed by atoms with E-state index in [1.807, 2.05) is 48.7 Å². The summed E-state index contributed by atoms with van der Waals surface area (Å²) in [5.74, 6) is 0.720. The first-order valence-electron chi connectivity index (χ1n) is 7.10. The summed E-state index contributed by atoms with van der Waals surface area (Å²) in [4.78, 5) is 0. The first-order valence-corrected chi connectivity index (χ1v) is 8.46. The second-order valence-corrected chi connectivity index (χ2v) is 6.29. The minimum absolute atomic E-state index is 0.720. The van der Waals surface area contributed by atoms with Crippen LogP contribution in [-0.4, -0.2) is 21.1 Å². The summed E-state index contributed by atoms with van der Waals surface area (Å²) in [5.41, 5.74) is 3.31. The van der Waals surface area contributed by atoms with Gasteiger partial charge in [-0.1, -0.05) is 65.8 Å². The lowest BCUT2D eigenvalue weighted by Crippen LogP contribution is -1.94. The van der Waals surface area contributed by atoms with E-state index in [1.165, 1.54) is 5.56 Å². The molecule has 1 heterocycles. The Balaban J connectivity index is 1.73. The Labute approximate surface area is 144 Å². The number of aryl methyl sites for hydroxylation is 1. The summed E-state index contributed by atoms with van der Waals surface area (Å²) in [6.45, 7) is 2.06. The topological polar surface area (TPSA) is 43.1 Å². The molecule has 0 atom stereocenters. The molecule has 0 N–H and O–H groups in total. The van der Waals surface area contributed by atoms with Crippen molar-refractivity contribution in [2.45, 2.75) is 17.8 Å². The first-order chi connectivity index (χ1) is 11.2. The Morgan fingerprint density at radius 1 is 1.17 bits per heavy atom. The van der Waals surface area contributed by atoms with E-state index in [2.05, 4.69) is 28.3 Å². The van der Waals surface area contributed by atoms with Crippen LogP contribution in [0.5, 0.6) is 0 Å². The van der Waals surface area contributed by atoms with E-state index in [9.17, 15) is 0 Å². The monoisotopic (exact) mass is 342 g/mol. The van der Waals surface area contributed by atoms with Crippen molar-refractivity contribution in [1.29, 1.82) is 0 Å². The van der Waals surface area contributed by atoms with Gasteiger partial charge >= 0.3 is 0 Å². The molecule has 23 heavy (non-hydrogen) atoms. The Bertz CT molecular complexity index is 829. The highest BCUT2D eigenvalue weighted by Gasteiger charge is 2.06. The van der Waals surface area contributed by atoms with Crippen molar-refractivity contribution in [2.24, 2.45) is 5.10 Å². The SMILES string of the molecule is Cc1ccccc1/C=N\n1cnnc1SCc1ccccc1Cl. The molecular formula is C17H15ClN4S. The lowest BCUT2D eigenvalue weighted by molar-refractivity contribution is 0.767. The first kappa shape index (κ1) is 15.8. The van der Waals surface area contributed by atoms with Crippen LogP contribution in [0.4, 0.5) is 0 Å². The number of hydrogen-bond donors (Lipinski definition) is 0. The zero-order valence-electron chi connectivity index (χ0n) is 12.6. The number of rotatable bonds is 5. The second-order valence-electron chi connectivity index (χ2n) is 4.94. The number of halogens is 1. The molecule has 116 valence electrons.